The van der Waals surface area contributed by atoms with E-state index in [4.69, 9.17) is 11.5 Å². The lowest BCUT2D eigenvalue weighted by Gasteiger charge is -2.26. The highest BCUT2D eigenvalue weighted by Gasteiger charge is 2.43. The van der Waals surface area contributed by atoms with Crippen molar-refractivity contribution >= 4 is 28.6 Å². The number of halogens is 1. The third-order valence-corrected chi connectivity index (χ3v) is 6.11. The summed E-state index contributed by atoms with van der Waals surface area (Å²) in [6.45, 7) is 0.929. The number of imidazole rings is 1. The molecular weight excluding hydrogens is 413 g/mol. The van der Waals surface area contributed by atoms with E-state index in [1.807, 2.05) is 11.0 Å². The molecule has 11 heteroatoms. The first-order valence-electron chi connectivity index (χ1n) is 10.4. The predicted molar refractivity (Wildman–Crippen MR) is 115 cm³/mol. The number of anilines is 2. The molecule has 0 radical (unpaired) electrons. The number of rotatable bonds is 5. The van der Waals surface area contributed by atoms with Crippen LogP contribution in [-0.2, 0) is 11.3 Å². The highest BCUT2D eigenvalue weighted by atomic mass is 19.1. The van der Waals surface area contributed by atoms with Crippen molar-refractivity contribution in [1.82, 2.24) is 24.8 Å². The van der Waals surface area contributed by atoms with Crippen LogP contribution in [0.5, 0.6) is 0 Å². The molecule has 164 valence electrons. The van der Waals surface area contributed by atoms with Crippen molar-refractivity contribution in [3.63, 3.8) is 0 Å². The Morgan fingerprint density at radius 3 is 2.91 bits per heavy atom. The lowest BCUT2D eigenvalue weighted by atomic mass is 9.99. The molecule has 2 fully saturated rings. The molecule has 1 saturated heterocycles. The Hall–Kier alpha value is -3.78. The van der Waals surface area contributed by atoms with E-state index in [9.17, 15) is 14.4 Å². The zero-order valence-corrected chi connectivity index (χ0v) is 17.3. The Morgan fingerprint density at radius 2 is 2.16 bits per heavy atom. The van der Waals surface area contributed by atoms with E-state index in [2.05, 4.69) is 20.3 Å². The van der Waals surface area contributed by atoms with E-state index in [1.165, 1.54) is 18.7 Å². The van der Waals surface area contributed by atoms with E-state index in [-0.39, 0.29) is 36.4 Å². The molecule has 1 atom stereocenters. The summed E-state index contributed by atoms with van der Waals surface area (Å²) in [5, 5.41) is 12.7. The van der Waals surface area contributed by atoms with Crippen molar-refractivity contribution in [2.45, 2.75) is 37.4 Å². The van der Waals surface area contributed by atoms with Gasteiger partial charge in [-0.1, -0.05) is 0 Å². The number of nitriles is 1. The number of aromatic nitrogens is 4. The summed E-state index contributed by atoms with van der Waals surface area (Å²) in [6, 6.07) is 5.08. The topological polar surface area (TPSA) is 152 Å². The predicted octanol–water partition coefficient (Wildman–Crippen LogP) is 0.654. The van der Waals surface area contributed by atoms with Gasteiger partial charge in [0.25, 0.3) is 0 Å². The zero-order chi connectivity index (χ0) is 22.5. The van der Waals surface area contributed by atoms with Crippen LogP contribution in [0.4, 0.5) is 15.9 Å². The van der Waals surface area contributed by atoms with Crippen LogP contribution in [0.25, 0.3) is 11.2 Å². The van der Waals surface area contributed by atoms with Crippen molar-refractivity contribution < 1.29 is 9.18 Å². The SMILES string of the molecule is N#Cc1c(F)ccc(N2CC[C@](N)(C(=O)NC3CC3)C2)c1Cn1cnc2c(N)ncnc21. The molecule has 5 rings (SSSR count). The highest BCUT2D eigenvalue weighted by molar-refractivity contribution is 5.88. The number of fused-ring (bicyclic) bond motifs is 1. The normalized spacial score (nSPS) is 20.5. The van der Waals surface area contributed by atoms with Gasteiger partial charge in [0.1, 0.15) is 29.3 Å². The molecule has 1 aliphatic carbocycles. The maximum atomic E-state index is 14.6. The molecule has 3 aromatic rings. The van der Waals surface area contributed by atoms with Gasteiger partial charge in [0.05, 0.1) is 18.4 Å². The van der Waals surface area contributed by atoms with Crippen LogP contribution in [-0.4, -0.2) is 50.1 Å². The summed E-state index contributed by atoms with van der Waals surface area (Å²) in [5.74, 6) is -0.545. The maximum absolute atomic E-state index is 14.6. The smallest absolute Gasteiger partial charge is 0.242 e. The zero-order valence-electron chi connectivity index (χ0n) is 17.3. The number of carbonyl (C=O) groups is 1. The number of benzene rings is 1. The van der Waals surface area contributed by atoms with Crippen LogP contribution >= 0.6 is 0 Å². The standard InChI is InChI=1S/C21H22FN9O/c22-15-3-4-16(30-6-5-21(25,9-30)20(32)29-12-1-2-12)14(13(15)7-23)8-31-11-28-17-18(24)26-10-27-19(17)31/h3-4,10-12H,1-2,5-6,8-9,25H2,(H,29,32)(H2,24,26,27)/t21-/m1/s1. The molecule has 10 nitrogen and oxygen atoms in total. The molecule has 5 N–H and O–H groups in total. The number of carbonyl (C=O) groups excluding carboxylic acids is 1. The van der Waals surface area contributed by atoms with E-state index in [1.54, 1.807) is 10.6 Å². The third-order valence-electron chi connectivity index (χ3n) is 6.11. The Morgan fingerprint density at radius 1 is 1.34 bits per heavy atom. The summed E-state index contributed by atoms with van der Waals surface area (Å²) in [6.07, 6.45) is 5.28. The largest absolute Gasteiger partial charge is 0.382 e. The fourth-order valence-corrected chi connectivity index (χ4v) is 4.15. The van der Waals surface area contributed by atoms with Crippen LogP contribution in [0.15, 0.2) is 24.8 Å². The second kappa shape index (κ2) is 7.42. The van der Waals surface area contributed by atoms with Crippen LogP contribution < -0.4 is 21.7 Å². The van der Waals surface area contributed by atoms with Crippen LogP contribution in [0, 0.1) is 17.1 Å². The van der Waals surface area contributed by atoms with Gasteiger partial charge in [0, 0.05) is 30.4 Å². The number of amides is 1. The van der Waals surface area contributed by atoms with Crippen LogP contribution in [0.2, 0.25) is 0 Å². The minimum atomic E-state index is -1.04. The van der Waals surface area contributed by atoms with Crippen LogP contribution in [0.1, 0.15) is 30.4 Å². The second-order valence-electron chi connectivity index (χ2n) is 8.41. The van der Waals surface area contributed by atoms with Crippen molar-refractivity contribution in [1.29, 1.82) is 5.26 Å². The molecular formula is C21H22FN9O. The van der Waals surface area contributed by atoms with E-state index in [0.29, 0.717) is 35.4 Å². The first-order valence-corrected chi connectivity index (χ1v) is 10.4. The van der Waals surface area contributed by atoms with Gasteiger partial charge in [-0.25, -0.2) is 19.3 Å². The lowest BCUT2D eigenvalue weighted by molar-refractivity contribution is -0.125. The third kappa shape index (κ3) is 3.38. The van der Waals surface area contributed by atoms with Crippen molar-refractivity contribution in [2.75, 3.05) is 23.7 Å². The summed E-state index contributed by atoms with van der Waals surface area (Å²) >= 11 is 0. The molecule has 1 amide bonds. The Balaban J connectivity index is 1.50. The number of nitrogens with two attached hydrogens (primary N) is 2. The minimum absolute atomic E-state index is 0.0664. The average Bonchev–Trinajstić information content (AvgIpc) is 3.35. The van der Waals surface area contributed by atoms with Gasteiger partial charge >= 0.3 is 0 Å². The summed E-state index contributed by atoms with van der Waals surface area (Å²) in [5.41, 5.74) is 13.2. The van der Waals surface area contributed by atoms with Gasteiger partial charge in [-0.05, 0) is 31.4 Å². The van der Waals surface area contributed by atoms with Crippen LogP contribution in [0.3, 0.4) is 0 Å². The number of hydrogen-bond acceptors (Lipinski definition) is 8. The number of nitrogens with zero attached hydrogens (tertiary/aromatic N) is 6. The lowest BCUT2D eigenvalue weighted by Crippen LogP contribution is -2.56. The molecule has 1 aromatic carbocycles. The van der Waals surface area contributed by atoms with Crippen molar-refractivity contribution in [3.05, 3.63) is 41.7 Å². The number of nitrogen functional groups attached to an aromatic ring is 1. The quantitative estimate of drug-likeness (QED) is 0.528. The van der Waals surface area contributed by atoms with Gasteiger partial charge in [0.2, 0.25) is 5.91 Å². The van der Waals surface area contributed by atoms with Gasteiger partial charge < -0.3 is 26.3 Å². The van der Waals surface area contributed by atoms with Gasteiger partial charge in [-0.3, -0.25) is 4.79 Å². The number of nitrogens with one attached hydrogen (secondary N) is 1. The Kier molecular flexibility index (Phi) is 4.67. The second-order valence-corrected chi connectivity index (χ2v) is 8.41. The molecule has 2 aromatic heterocycles. The molecule has 0 bridgehead atoms. The van der Waals surface area contributed by atoms with Crippen molar-refractivity contribution in [2.24, 2.45) is 5.73 Å². The molecule has 32 heavy (non-hydrogen) atoms. The summed E-state index contributed by atoms with van der Waals surface area (Å²) in [4.78, 5) is 27.0. The van der Waals surface area contributed by atoms with E-state index < -0.39 is 11.4 Å². The van der Waals surface area contributed by atoms with Gasteiger partial charge in [-0.15, -0.1) is 0 Å². The molecule has 0 unspecified atom stereocenters. The van der Waals surface area contributed by atoms with Gasteiger partial charge in [-0.2, -0.15) is 5.26 Å². The molecule has 2 aliphatic rings. The fraction of sp³-hybridized carbons (Fsp3) is 0.381. The molecule has 3 heterocycles. The van der Waals surface area contributed by atoms with E-state index >= 15 is 0 Å². The highest BCUT2D eigenvalue weighted by Crippen LogP contribution is 2.33. The summed E-state index contributed by atoms with van der Waals surface area (Å²) in [7, 11) is 0. The van der Waals surface area contributed by atoms with Gasteiger partial charge in [0.15, 0.2) is 11.5 Å². The first-order chi connectivity index (χ1) is 15.4. The number of hydrogen-bond donors (Lipinski definition) is 3. The summed E-state index contributed by atoms with van der Waals surface area (Å²) < 4.78 is 16.2. The van der Waals surface area contributed by atoms with Crippen molar-refractivity contribution in [3.8, 4) is 6.07 Å². The molecule has 1 saturated carbocycles. The molecule has 0 spiro atoms. The first kappa shape index (κ1) is 20.1. The Bertz CT molecular complexity index is 1260. The average molecular weight is 435 g/mol. The maximum Gasteiger partial charge on any atom is 0.242 e. The minimum Gasteiger partial charge on any atom is -0.382 e. The monoisotopic (exact) mass is 435 g/mol. The Labute approximate surface area is 183 Å². The fourth-order valence-electron chi connectivity index (χ4n) is 4.15. The molecule has 1 aliphatic heterocycles. The van der Waals surface area contributed by atoms with E-state index in [0.717, 1.165) is 12.8 Å².